The molecule has 2 heterocycles. The molecule has 98 valence electrons. The first-order valence-electron chi connectivity index (χ1n) is 6.05. The third kappa shape index (κ3) is 2.61. The van der Waals surface area contributed by atoms with E-state index in [2.05, 4.69) is 9.88 Å². The van der Waals surface area contributed by atoms with Crippen molar-refractivity contribution in [1.29, 1.82) is 0 Å². The van der Waals surface area contributed by atoms with Crippen LogP contribution in [0.25, 0.3) is 0 Å². The van der Waals surface area contributed by atoms with E-state index in [1.165, 1.54) is 6.20 Å². The Balaban J connectivity index is 2.12. The lowest BCUT2D eigenvalue weighted by atomic mass is 10.1. The van der Waals surface area contributed by atoms with Crippen LogP contribution in [0.5, 0.6) is 0 Å². The number of pyridine rings is 1. The summed E-state index contributed by atoms with van der Waals surface area (Å²) in [4.78, 5) is 17.3. The fourth-order valence-corrected chi connectivity index (χ4v) is 2.41. The average Bonchev–Trinajstić information content (AvgIpc) is 2.77. The largest absolute Gasteiger partial charge is 0.478 e. The van der Waals surface area contributed by atoms with Crippen LogP contribution in [-0.2, 0) is 4.74 Å². The highest BCUT2D eigenvalue weighted by Crippen LogP contribution is 2.25. The number of rotatable bonds is 4. The zero-order valence-electron chi connectivity index (χ0n) is 10.7. The van der Waals surface area contributed by atoms with E-state index in [0.717, 1.165) is 37.5 Å². The molecule has 1 aromatic rings. The third-order valence-corrected chi connectivity index (χ3v) is 3.29. The molecule has 1 N–H and O–H groups in total. The van der Waals surface area contributed by atoms with Gasteiger partial charge in [-0.3, -0.25) is 0 Å². The van der Waals surface area contributed by atoms with Crippen molar-refractivity contribution in [2.24, 2.45) is 5.92 Å². The molecule has 1 saturated heterocycles. The van der Waals surface area contributed by atoms with Crippen molar-refractivity contribution < 1.29 is 14.6 Å². The predicted molar refractivity (Wildman–Crippen MR) is 68.1 cm³/mol. The van der Waals surface area contributed by atoms with Crippen LogP contribution in [0.1, 0.15) is 22.3 Å². The molecule has 0 aromatic carbocycles. The van der Waals surface area contributed by atoms with Crippen LogP contribution in [0.15, 0.2) is 12.3 Å². The van der Waals surface area contributed by atoms with Gasteiger partial charge in [0, 0.05) is 32.3 Å². The fraction of sp³-hybridized carbons (Fsp3) is 0.538. The Kier molecular flexibility index (Phi) is 3.81. The van der Waals surface area contributed by atoms with E-state index in [-0.39, 0.29) is 5.56 Å². The summed E-state index contributed by atoms with van der Waals surface area (Å²) in [5.74, 6) is 0.491. The number of aryl methyl sites for hydroxylation is 1. The van der Waals surface area contributed by atoms with Gasteiger partial charge in [-0.05, 0) is 25.0 Å². The standard InChI is InChI=1S/C13H18N2O3/c1-9-5-11(13(16)17)6-14-12(9)15-4-3-10(7-15)8-18-2/h5-6,10H,3-4,7-8H2,1-2H3,(H,16,17). The summed E-state index contributed by atoms with van der Waals surface area (Å²) in [5.41, 5.74) is 1.15. The summed E-state index contributed by atoms with van der Waals surface area (Å²) in [7, 11) is 1.72. The monoisotopic (exact) mass is 250 g/mol. The number of hydrogen-bond acceptors (Lipinski definition) is 4. The van der Waals surface area contributed by atoms with E-state index in [1.54, 1.807) is 13.2 Å². The van der Waals surface area contributed by atoms with Gasteiger partial charge in [-0.2, -0.15) is 0 Å². The van der Waals surface area contributed by atoms with Gasteiger partial charge in [0.25, 0.3) is 0 Å². The molecular formula is C13H18N2O3. The molecule has 0 bridgehead atoms. The summed E-state index contributed by atoms with van der Waals surface area (Å²) in [6.07, 6.45) is 2.52. The molecule has 1 aromatic heterocycles. The van der Waals surface area contributed by atoms with Crippen molar-refractivity contribution in [3.8, 4) is 0 Å². The number of carboxylic acids is 1. The first-order chi connectivity index (χ1) is 8.61. The van der Waals surface area contributed by atoms with E-state index >= 15 is 0 Å². The smallest absolute Gasteiger partial charge is 0.337 e. The molecule has 0 aliphatic carbocycles. The van der Waals surface area contributed by atoms with E-state index in [0.29, 0.717) is 5.92 Å². The summed E-state index contributed by atoms with van der Waals surface area (Å²) >= 11 is 0. The van der Waals surface area contributed by atoms with E-state index in [4.69, 9.17) is 9.84 Å². The van der Waals surface area contributed by atoms with Gasteiger partial charge in [-0.1, -0.05) is 0 Å². The van der Waals surface area contributed by atoms with Crippen molar-refractivity contribution in [2.75, 3.05) is 31.7 Å². The molecule has 0 spiro atoms. The van der Waals surface area contributed by atoms with Gasteiger partial charge >= 0.3 is 5.97 Å². The van der Waals surface area contributed by atoms with Crippen molar-refractivity contribution in [3.05, 3.63) is 23.4 Å². The molecular weight excluding hydrogens is 232 g/mol. The van der Waals surface area contributed by atoms with Gasteiger partial charge in [0.15, 0.2) is 0 Å². The first-order valence-corrected chi connectivity index (χ1v) is 6.05. The average molecular weight is 250 g/mol. The Bertz CT molecular complexity index is 448. The number of nitrogens with zero attached hydrogens (tertiary/aromatic N) is 2. The molecule has 0 saturated carbocycles. The lowest BCUT2D eigenvalue weighted by Gasteiger charge is -2.19. The molecule has 0 amide bonds. The van der Waals surface area contributed by atoms with Gasteiger partial charge in [0.05, 0.1) is 12.2 Å². The van der Waals surface area contributed by atoms with Crippen molar-refractivity contribution in [1.82, 2.24) is 4.98 Å². The maximum atomic E-state index is 10.9. The van der Waals surface area contributed by atoms with Gasteiger partial charge in [0.2, 0.25) is 0 Å². The fourth-order valence-electron chi connectivity index (χ4n) is 2.41. The number of ether oxygens (including phenoxy) is 1. The molecule has 18 heavy (non-hydrogen) atoms. The van der Waals surface area contributed by atoms with Crippen LogP contribution in [0.3, 0.4) is 0 Å². The van der Waals surface area contributed by atoms with Crippen LogP contribution in [0.4, 0.5) is 5.82 Å². The predicted octanol–water partition coefficient (Wildman–Crippen LogP) is 1.56. The Morgan fingerprint density at radius 3 is 3.06 bits per heavy atom. The number of anilines is 1. The molecule has 1 unspecified atom stereocenters. The van der Waals surface area contributed by atoms with Crippen LogP contribution in [-0.4, -0.2) is 42.9 Å². The molecule has 1 aliphatic heterocycles. The van der Waals surface area contributed by atoms with Crippen LogP contribution < -0.4 is 4.90 Å². The third-order valence-electron chi connectivity index (χ3n) is 3.29. The van der Waals surface area contributed by atoms with E-state index < -0.39 is 5.97 Å². The number of aromatic nitrogens is 1. The Hall–Kier alpha value is -1.62. The summed E-state index contributed by atoms with van der Waals surface area (Å²) in [5, 5.41) is 8.91. The minimum absolute atomic E-state index is 0.240. The molecule has 5 heteroatoms. The minimum atomic E-state index is -0.934. The van der Waals surface area contributed by atoms with Gasteiger partial charge in [-0.15, -0.1) is 0 Å². The zero-order valence-corrected chi connectivity index (χ0v) is 10.7. The normalized spacial score (nSPS) is 19.2. The highest BCUT2D eigenvalue weighted by Gasteiger charge is 2.24. The van der Waals surface area contributed by atoms with Crippen LogP contribution in [0, 0.1) is 12.8 Å². The zero-order chi connectivity index (χ0) is 13.1. The summed E-state index contributed by atoms with van der Waals surface area (Å²) in [6, 6.07) is 1.67. The molecule has 0 radical (unpaired) electrons. The molecule has 1 aliphatic rings. The maximum absolute atomic E-state index is 10.9. The van der Waals surface area contributed by atoms with Gasteiger partial charge < -0.3 is 14.7 Å². The number of methoxy groups -OCH3 is 1. The lowest BCUT2D eigenvalue weighted by Crippen LogP contribution is -2.23. The second-order valence-corrected chi connectivity index (χ2v) is 4.73. The summed E-state index contributed by atoms with van der Waals surface area (Å²) < 4.78 is 5.17. The number of carbonyl (C=O) groups is 1. The Labute approximate surface area is 106 Å². The van der Waals surface area contributed by atoms with Crippen LogP contribution >= 0.6 is 0 Å². The van der Waals surface area contributed by atoms with E-state index in [9.17, 15) is 4.79 Å². The van der Waals surface area contributed by atoms with Crippen molar-refractivity contribution in [3.63, 3.8) is 0 Å². The lowest BCUT2D eigenvalue weighted by molar-refractivity contribution is 0.0696. The van der Waals surface area contributed by atoms with Crippen LogP contribution in [0.2, 0.25) is 0 Å². The minimum Gasteiger partial charge on any atom is -0.478 e. The highest BCUT2D eigenvalue weighted by molar-refractivity contribution is 5.87. The van der Waals surface area contributed by atoms with E-state index in [1.807, 2.05) is 6.92 Å². The number of carboxylic acid groups (broad SMARTS) is 1. The van der Waals surface area contributed by atoms with Crippen molar-refractivity contribution >= 4 is 11.8 Å². The topological polar surface area (TPSA) is 62.7 Å². The molecule has 5 nitrogen and oxygen atoms in total. The second kappa shape index (κ2) is 5.35. The second-order valence-electron chi connectivity index (χ2n) is 4.73. The maximum Gasteiger partial charge on any atom is 0.337 e. The highest BCUT2D eigenvalue weighted by atomic mass is 16.5. The van der Waals surface area contributed by atoms with Crippen molar-refractivity contribution in [2.45, 2.75) is 13.3 Å². The first kappa shape index (κ1) is 12.8. The number of hydrogen-bond donors (Lipinski definition) is 1. The van der Waals surface area contributed by atoms with Gasteiger partial charge in [-0.25, -0.2) is 9.78 Å². The molecule has 1 fully saturated rings. The Morgan fingerprint density at radius 1 is 1.67 bits per heavy atom. The molecule has 2 rings (SSSR count). The quantitative estimate of drug-likeness (QED) is 0.878. The summed E-state index contributed by atoms with van der Waals surface area (Å²) in [6.45, 7) is 4.55. The Morgan fingerprint density at radius 2 is 2.44 bits per heavy atom. The molecule has 1 atom stereocenters. The number of aromatic carboxylic acids is 1. The SMILES string of the molecule is COCC1CCN(c2ncc(C(=O)O)cc2C)C1. The van der Waals surface area contributed by atoms with Gasteiger partial charge in [0.1, 0.15) is 5.82 Å².